The lowest BCUT2D eigenvalue weighted by atomic mass is 9.94. The van der Waals surface area contributed by atoms with E-state index in [1.807, 2.05) is 6.07 Å². The molecule has 0 aliphatic heterocycles. The fourth-order valence-corrected chi connectivity index (χ4v) is 7.24. The molecule has 8 aromatic rings. The van der Waals surface area contributed by atoms with Gasteiger partial charge in [0.2, 0.25) is 0 Å². The zero-order chi connectivity index (χ0) is 40.1. The van der Waals surface area contributed by atoms with Gasteiger partial charge in [-0.25, -0.2) is 0 Å². The van der Waals surface area contributed by atoms with Crippen LogP contribution in [0.1, 0.15) is 27.8 Å². The van der Waals surface area contributed by atoms with Crippen molar-refractivity contribution in [2.45, 2.75) is 24.7 Å². The molecule has 0 aliphatic rings. The lowest BCUT2D eigenvalue weighted by Gasteiger charge is -2.22. The Morgan fingerprint density at radius 1 is 0.393 bits per heavy atom. The number of halogens is 12. The highest BCUT2D eigenvalue weighted by atomic mass is 19.4. The van der Waals surface area contributed by atoms with Crippen LogP contribution in [0.5, 0.6) is 0 Å². The van der Waals surface area contributed by atoms with Crippen LogP contribution in [0.25, 0.3) is 66.1 Å². The predicted octanol–water partition coefficient (Wildman–Crippen LogP) is 13.5. The normalized spacial score (nSPS) is 13.0. The van der Waals surface area contributed by atoms with Gasteiger partial charge in [-0.3, -0.25) is 0 Å². The summed E-state index contributed by atoms with van der Waals surface area (Å²) in [5.41, 5.74) is -6.52. The first-order chi connectivity index (χ1) is 26.3. The highest BCUT2D eigenvalue weighted by molar-refractivity contribution is 6.12. The van der Waals surface area contributed by atoms with Crippen LogP contribution in [0.4, 0.5) is 52.7 Å². The zero-order valence-corrected chi connectivity index (χ0v) is 27.8. The van der Waals surface area contributed by atoms with E-state index < -0.39 is 52.5 Å². The molecular formula is C41H19F12N3. The number of rotatable bonds is 3. The van der Waals surface area contributed by atoms with E-state index in [0.29, 0.717) is 12.1 Å². The number of aromatic nitrogens is 2. The quantitative estimate of drug-likeness (QED) is 0.164. The number of alkyl halides is 12. The van der Waals surface area contributed by atoms with Crippen molar-refractivity contribution in [3.63, 3.8) is 0 Å². The maximum Gasteiger partial charge on any atom is 0.416 e. The van der Waals surface area contributed by atoms with Gasteiger partial charge in [0.25, 0.3) is 0 Å². The summed E-state index contributed by atoms with van der Waals surface area (Å²) in [7, 11) is 0. The van der Waals surface area contributed by atoms with E-state index in [4.69, 9.17) is 0 Å². The number of benzene rings is 6. The van der Waals surface area contributed by atoms with E-state index in [0.717, 1.165) is 36.4 Å². The molecule has 282 valence electrons. The molecule has 0 N–H and O–H groups in total. The molecule has 0 unspecified atom stereocenters. The van der Waals surface area contributed by atoms with Crippen molar-refractivity contribution in [3.05, 3.63) is 143 Å². The Morgan fingerprint density at radius 3 is 1.14 bits per heavy atom. The van der Waals surface area contributed by atoms with Crippen LogP contribution in [-0.2, 0) is 24.7 Å². The van der Waals surface area contributed by atoms with Crippen molar-refractivity contribution in [3.8, 4) is 28.6 Å². The smallest absolute Gasteiger partial charge is 0.308 e. The van der Waals surface area contributed by atoms with E-state index >= 15 is 0 Å². The SMILES string of the molecule is N#Cc1cc(-n2c3ccccc3c3cc(C(F)(F)F)ccc32)c(-c2cc(C(F)(F)F)cc(C(F)(F)F)c2)c(-n2c3ccccc3c3cc(C(F)(F)F)ccc32)c1. The molecule has 0 radical (unpaired) electrons. The number of nitriles is 1. The summed E-state index contributed by atoms with van der Waals surface area (Å²) in [5.74, 6) is 0. The third kappa shape index (κ3) is 5.96. The van der Waals surface area contributed by atoms with Crippen molar-refractivity contribution in [1.82, 2.24) is 9.13 Å². The molecule has 8 rings (SSSR count). The fourth-order valence-electron chi connectivity index (χ4n) is 7.24. The first-order valence-corrected chi connectivity index (χ1v) is 16.4. The molecule has 0 saturated carbocycles. The van der Waals surface area contributed by atoms with Crippen LogP contribution in [-0.4, -0.2) is 9.13 Å². The molecule has 2 heterocycles. The molecule has 0 amide bonds. The van der Waals surface area contributed by atoms with Crippen LogP contribution in [0, 0.1) is 11.3 Å². The number of nitrogens with zero attached hydrogens (tertiary/aromatic N) is 3. The van der Waals surface area contributed by atoms with E-state index in [1.54, 1.807) is 0 Å². The van der Waals surface area contributed by atoms with Gasteiger partial charge in [-0.2, -0.15) is 57.9 Å². The summed E-state index contributed by atoms with van der Waals surface area (Å²) in [4.78, 5) is 0. The van der Waals surface area contributed by atoms with Crippen molar-refractivity contribution in [2.75, 3.05) is 0 Å². The van der Waals surface area contributed by atoms with Gasteiger partial charge in [0, 0.05) is 27.1 Å². The number of para-hydroxylation sites is 2. The summed E-state index contributed by atoms with van der Waals surface area (Å²) in [5, 5.41) is 10.9. The van der Waals surface area contributed by atoms with Crippen LogP contribution in [0.3, 0.4) is 0 Å². The third-order valence-electron chi connectivity index (χ3n) is 9.58. The highest BCUT2D eigenvalue weighted by Crippen LogP contribution is 2.47. The molecule has 6 aromatic carbocycles. The minimum absolute atomic E-state index is 0.0295. The Labute approximate surface area is 306 Å². The number of hydrogen-bond donors (Lipinski definition) is 0. The van der Waals surface area contributed by atoms with Gasteiger partial charge in [0.1, 0.15) is 0 Å². The van der Waals surface area contributed by atoms with Crippen molar-refractivity contribution < 1.29 is 52.7 Å². The van der Waals surface area contributed by atoms with Gasteiger partial charge >= 0.3 is 24.7 Å². The van der Waals surface area contributed by atoms with Crippen molar-refractivity contribution in [1.29, 1.82) is 5.26 Å². The summed E-state index contributed by atoms with van der Waals surface area (Å²) in [6, 6.07) is 22.7. The zero-order valence-electron chi connectivity index (χ0n) is 27.8. The van der Waals surface area contributed by atoms with Crippen molar-refractivity contribution >= 4 is 43.6 Å². The van der Waals surface area contributed by atoms with E-state index in [2.05, 4.69) is 0 Å². The summed E-state index contributed by atoms with van der Waals surface area (Å²) in [6.07, 6.45) is -20.2. The Balaban J connectivity index is 1.61. The van der Waals surface area contributed by atoms with Gasteiger partial charge < -0.3 is 9.13 Å². The van der Waals surface area contributed by atoms with Crippen LogP contribution in [0.2, 0.25) is 0 Å². The number of fused-ring (bicyclic) bond motifs is 6. The molecule has 0 saturated heterocycles. The lowest BCUT2D eigenvalue weighted by Crippen LogP contribution is -2.12. The molecule has 2 aromatic heterocycles. The van der Waals surface area contributed by atoms with E-state index in [1.165, 1.54) is 69.8 Å². The second-order valence-electron chi connectivity index (χ2n) is 13.0. The first kappa shape index (κ1) is 36.5. The summed E-state index contributed by atoms with van der Waals surface area (Å²) in [6.45, 7) is 0. The highest BCUT2D eigenvalue weighted by Gasteiger charge is 2.38. The van der Waals surface area contributed by atoms with Crippen molar-refractivity contribution in [2.24, 2.45) is 0 Å². The first-order valence-electron chi connectivity index (χ1n) is 16.4. The Kier molecular flexibility index (Phi) is 8.02. The predicted molar refractivity (Wildman–Crippen MR) is 185 cm³/mol. The van der Waals surface area contributed by atoms with Crippen LogP contribution >= 0.6 is 0 Å². The molecule has 0 spiro atoms. The van der Waals surface area contributed by atoms with Gasteiger partial charge in [0.05, 0.1) is 67.3 Å². The largest absolute Gasteiger partial charge is 0.416 e. The Hall–Kier alpha value is -6.43. The summed E-state index contributed by atoms with van der Waals surface area (Å²) >= 11 is 0. The maximum absolute atomic E-state index is 14.4. The fraction of sp³-hybridized carbons (Fsp3) is 0.0976. The van der Waals surface area contributed by atoms with Crippen LogP contribution in [0.15, 0.2) is 115 Å². The van der Waals surface area contributed by atoms with Gasteiger partial charge in [-0.15, -0.1) is 0 Å². The molecule has 0 bridgehead atoms. The lowest BCUT2D eigenvalue weighted by molar-refractivity contribution is -0.143. The molecule has 0 fully saturated rings. The molecule has 15 heteroatoms. The average molecular weight is 782 g/mol. The standard InChI is InChI=1S/C41H19F12N3/c42-38(43,44)23-9-11-33-29(18-23)27-5-1-3-7-31(27)55(33)35-13-21(20-54)14-36(37(35)22-15-25(40(48,49)50)17-26(16-22)41(51,52)53)56-32-8-4-2-6-28(32)30-19-24(39(45,46)47)10-12-34(30)56/h1-19H. The van der Waals surface area contributed by atoms with Crippen LogP contribution < -0.4 is 0 Å². The number of hydrogen-bond acceptors (Lipinski definition) is 1. The van der Waals surface area contributed by atoms with Gasteiger partial charge in [-0.05, 0) is 84.4 Å². The third-order valence-corrected chi connectivity index (χ3v) is 9.58. The topological polar surface area (TPSA) is 33.6 Å². The second kappa shape index (κ2) is 12.3. The molecule has 0 aliphatic carbocycles. The van der Waals surface area contributed by atoms with E-state index in [-0.39, 0.29) is 72.2 Å². The summed E-state index contributed by atoms with van der Waals surface area (Å²) < 4.78 is 173. The maximum atomic E-state index is 14.4. The Morgan fingerprint density at radius 2 is 0.768 bits per heavy atom. The Bertz CT molecular complexity index is 2750. The van der Waals surface area contributed by atoms with E-state index in [9.17, 15) is 57.9 Å². The van der Waals surface area contributed by atoms with Gasteiger partial charge in [0.15, 0.2) is 0 Å². The molecule has 3 nitrogen and oxygen atoms in total. The minimum atomic E-state index is -5.30. The molecular weight excluding hydrogens is 762 g/mol. The average Bonchev–Trinajstić information content (AvgIpc) is 3.65. The van der Waals surface area contributed by atoms with Gasteiger partial charge in [-0.1, -0.05) is 36.4 Å². The monoisotopic (exact) mass is 781 g/mol. The minimum Gasteiger partial charge on any atom is -0.308 e. The second-order valence-corrected chi connectivity index (χ2v) is 13.0. The molecule has 56 heavy (non-hydrogen) atoms. The molecule has 0 atom stereocenters.